The highest BCUT2D eigenvalue weighted by Gasteiger charge is 2.67. The van der Waals surface area contributed by atoms with Crippen LogP contribution >= 0.6 is 7.60 Å². The Morgan fingerprint density at radius 1 is 1.17 bits per heavy atom. The van der Waals surface area contributed by atoms with Gasteiger partial charge in [-0.2, -0.15) is 0 Å². The molecule has 1 aliphatic heterocycles. The van der Waals surface area contributed by atoms with Crippen LogP contribution in [-0.4, -0.2) is 42.8 Å². The van der Waals surface area contributed by atoms with E-state index >= 15 is 0 Å². The zero-order valence-electron chi connectivity index (χ0n) is 21.4. The summed E-state index contributed by atoms with van der Waals surface area (Å²) in [6, 6.07) is 6.95. The number of aldehydes is 1. The van der Waals surface area contributed by atoms with Crippen LogP contribution in [0.25, 0.3) is 0 Å². The number of amides is 2. The van der Waals surface area contributed by atoms with E-state index in [-0.39, 0.29) is 26.1 Å². The Morgan fingerprint density at radius 3 is 2.34 bits per heavy atom. The minimum Gasteiger partial charge on any atom is -0.443 e. The molecule has 0 saturated carbocycles. The molecule has 2 aliphatic rings. The van der Waals surface area contributed by atoms with Crippen molar-refractivity contribution in [2.45, 2.75) is 77.5 Å². The van der Waals surface area contributed by atoms with Crippen LogP contribution in [0.3, 0.4) is 0 Å². The molecule has 1 heterocycles. The second-order valence-electron chi connectivity index (χ2n) is 9.72. The zero-order valence-corrected chi connectivity index (χ0v) is 22.3. The van der Waals surface area contributed by atoms with Crippen molar-refractivity contribution < 1.29 is 32.7 Å². The third-order valence-corrected chi connectivity index (χ3v) is 9.21. The van der Waals surface area contributed by atoms with E-state index in [9.17, 15) is 18.9 Å². The van der Waals surface area contributed by atoms with Gasteiger partial charge in [0.15, 0.2) is 0 Å². The Balaban J connectivity index is 2.36. The predicted octanol–water partition coefficient (Wildman–Crippen LogP) is 5.79. The quantitative estimate of drug-likeness (QED) is 0.251. The summed E-state index contributed by atoms with van der Waals surface area (Å²) < 4.78 is 31.4. The average Bonchev–Trinajstić information content (AvgIpc) is 3.03. The second kappa shape index (κ2) is 10.4. The SMILES string of the molecule is CCOP(=O)(OCC)[C@H]1CC=C(CC)[C@H](CC=O)[C@]12C(=O)N(C(=O)OC(C)(C)C)c1ccccc12. The average molecular weight is 506 g/mol. The van der Waals surface area contributed by atoms with Crippen LogP contribution in [0.1, 0.15) is 66.4 Å². The van der Waals surface area contributed by atoms with Gasteiger partial charge < -0.3 is 18.6 Å². The Bertz CT molecular complexity index is 1050. The number of hydrogen-bond acceptors (Lipinski definition) is 7. The van der Waals surface area contributed by atoms with Crippen LogP contribution in [0.4, 0.5) is 10.5 Å². The van der Waals surface area contributed by atoms with E-state index in [0.717, 1.165) is 16.8 Å². The fraction of sp³-hybridized carbons (Fsp3) is 0.577. The maximum absolute atomic E-state index is 14.5. The second-order valence-corrected chi connectivity index (χ2v) is 11.9. The molecule has 0 fully saturated rings. The molecule has 0 bridgehead atoms. The predicted molar refractivity (Wildman–Crippen MR) is 134 cm³/mol. The molecule has 0 N–H and O–H groups in total. The Morgan fingerprint density at radius 2 is 1.80 bits per heavy atom. The number of anilines is 1. The Kier molecular flexibility index (Phi) is 8.09. The molecule has 1 aromatic rings. The molecule has 1 aromatic carbocycles. The zero-order chi connectivity index (χ0) is 26.0. The monoisotopic (exact) mass is 505 g/mol. The van der Waals surface area contributed by atoms with Gasteiger partial charge in [-0.15, -0.1) is 0 Å². The van der Waals surface area contributed by atoms with Crippen molar-refractivity contribution in [2.75, 3.05) is 18.1 Å². The smallest absolute Gasteiger partial charge is 0.421 e. The van der Waals surface area contributed by atoms with Gasteiger partial charge in [0.1, 0.15) is 11.9 Å². The first-order chi connectivity index (χ1) is 16.5. The molecule has 9 heteroatoms. The number of allylic oxidation sites excluding steroid dienone is 2. The summed E-state index contributed by atoms with van der Waals surface area (Å²) in [4.78, 5) is 40.8. The molecule has 0 aromatic heterocycles. The molecule has 8 nitrogen and oxygen atoms in total. The van der Waals surface area contributed by atoms with E-state index in [1.165, 1.54) is 0 Å². The van der Waals surface area contributed by atoms with E-state index in [1.54, 1.807) is 58.9 Å². The minimum atomic E-state index is -3.86. The lowest BCUT2D eigenvalue weighted by Gasteiger charge is -2.47. The first kappa shape index (κ1) is 27.3. The van der Waals surface area contributed by atoms with Crippen molar-refractivity contribution in [3.63, 3.8) is 0 Å². The van der Waals surface area contributed by atoms with E-state index < -0.39 is 42.2 Å². The molecule has 192 valence electrons. The van der Waals surface area contributed by atoms with Crippen LogP contribution in [0, 0.1) is 5.92 Å². The number of benzene rings is 1. The first-order valence-corrected chi connectivity index (χ1v) is 13.8. The van der Waals surface area contributed by atoms with E-state index in [2.05, 4.69) is 0 Å². The molecular formula is C26H36NO7P. The number of nitrogens with zero attached hydrogens (tertiary/aromatic N) is 1. The third kappa shape index (κ3) is 4.64. The summed E-state index contributed by atoms with van der Waals surface area (Å²) in [5.74, 6) is -1.18. The number of carbonyl (C=O) groups is 3. The molecule has 3 rings (SSSR count). The lowest BCUT2D eigenvalue weighted by molar-refractivity contribution is -0.125. The maximum atomic E-state index is 14.5. The van der Waals surface area contributed by atoms with E-state index in [4.69, 9.17) is 13.8 Å². The topological polar surface area (TPSA) is 99.2 Å². The summed E-state index contributed by atoms with van der Waals surface area (Å²) >= 11 is 0. The fourth-order valence-corrected chi connectivity index (χ4v) is 7.92. The van der Waals surface area contributed by atoms with Gasteiger partial charge in [-0.25, -0.2) is 9.69 Å². The molecule has 2 amide bonds. The molecular weight excluding hydrogens is 469 g/mol. The molecule has 0 radical (unpaired) electrons. The number of ether oxygens (including phenoxy) is 1. The largest absolute Gasteiger partial charge is 0.443 e. The van der Waals surface area contributed by atoms with Gasteiger partial charge in [0, 0.05) is 12.3 Å². The molecule has 1 spiro atoms. The van der Waals surface area contributed by atoms with Gasteiger partial charge in [-0.1, -0.05) is 36.8 Å². The van der Waals surface area contributed by atoms with E-state index in [1.807, 2.05) is 13.0 Å². The summed E-state index contributed by atoms with van der Waals surface area (Å²) in [6.07, 6.45) is 2.78. The lowest BCUT2D eigenvalue weighted by atomic mass is 9.61. The standard InChI is InChI=1S/C26H36NO7P/c1-7-18-14-15-22(35(31,32-8-2)33-9-3)26(19(18)16-17-28)20-12-10-11-13-21(20)27(23(26)29)24(30)34-25(4,5)6/h10-14,17,19,22H,7-9,15-16H2,1-6H3/t19-,22-,26+/m0/s1. The molecule has 0 saturated heterocycles. The van der Waals surface area contributed by atoms with Crippen molar-refractivity contribution in [2.24, 2.45) is 5.92 Å². The number of fused-ring (bicyclic) bond motifs is 2. The van der Waals surface area contributed by atoms with Crippen LogP contribution in [-0.2, 0) is 33.4 Å². The van der Waals surface area contributed by atoms with Gasteiger partial charge in [0.2, 0.25) is 5.91 Å². The highest BCUT2D eigenvalue weighted by atomic mass is 31.2. The third-order valence-electron chi connectivity index (χ3n) is 6.59. The molecule has 3 atom stereocenters. The van der Waals surface area contributed by atoms with Crippen molar-refractivity contribution in [1.82, 2.24) is 0 Å². The maximum Gasteiger partial charge on any atom is 0.421 e. The summed E-state index contributed by atoms with van der Waals surface area (Å²) in [5.41, 5.74) is -1.44. The lowest BCUT2D eigenvalue weighted by Crippen LogP contribution is -2.57. The van der Waals surface area contributed by atoms with Crippen LogP contribution in [0.15, 0.2) is 35.9 Å². The van der Waals surface area contributed by atoms with Crippen LogP contribution < -0.4 is 4.90 Å². The van der Waals surface area contributed by atoms with Gasteiger partial charge >= 0.3 is 13.7 Å². The van der Waals surface area contributed by atoms with Crippen molar-refractivity contribution in [3.05, 3.63) is 41.5 Å². The first-order valence-electron chi connectivity index (χ1n) is 12.2. The van der Waals surface area contributed by atoms with Crippen LogP contribution in [0.5, 0.6) is 0 Å². The summed E-state index contributed by atoms with van der Waals surface area (Å²) in [7, 11) is -3.86. The number of rotatable bonds is 8. The van der Waals surface area contributed by atoms with Gasteiger partial charge in [0.25, 0.3) is 0 Å². The minimum absolute atomic E-state index is 0.0245. The number of para-hydroxylation sites is 1. The van der Waals surface area contributed by atoms with Gasteiger partial charge in [-0.3, -0.25) is 9.36 Å². The van der Waals surface area contributed by atoms with Crippen LogP contribution in [0.2, 0.25) is 0 Å². The Labute approximate surface area is 207 Å². The van der Waals surface area contributed by atoms with Crippen molar-refractivity contribution >= 4 is 31.6 Å². The normalized spacial score (nSPS) is 24.3. The molecule has 35 heavy (non-hydrogen) atoms. The van der Waals surface area contributed by atoms with Gasteiger partial charge in [0.05, 0.1) is 30.0 Å². The molecule has 0 unspecified atom stereocenters. The molecule has 1 aliphatic carbocycles. The van der Waals surface area contributed by atoms with Crippen molar-refractivity contribution in [1.29, 1.82) is 0 Å². The van der Waals surface area contributed by atoms with E-state index in [0.29, 0.717) is 17.7 Å². The highest BCUT2D eigenvalue weighted by Crippen LogP contribution is 2.67. The number of carbonyl (C=O) groups excluding carboxylic acids is 3. The number of imide groups is 1. The Hall–Kier alpha value is -2.28. The number of hydrogen-bond donors (Lipinski definition) is 0. The summed E-state index contributed by atoms with van der Waals surface area (Å²) in [6.45, 7) is 10.8. The van der Waals surface area contributed by atoms with Crippen molar-refractivity contribution in [3.8, 4) is 0 Å². The fourth-order valence-electron chi connectivity index (χ4n) is 5.47. The van der Waals surface area contributed by atoms with Gasteiger partial charge in [-0.05, 0) is 59.1 Å². The highest BCUT2D eigenvalue weighted by molar-refractivity contribution is 7.54. The summed E-state index contributed by atoms with van der Waals surface area (Å²) in [5, 5.41) is 0.